The number of hydrogen-bond donors (Lipinski definition) is 1. The van der Waals surface area contributed by atoms with Crippen molar-refractivity contribution in [2.75, 3.05) is 20.2 Å². The molecule has 1 aliphatic heterocycles. The second kappa shape index (κ2) is 9.22. The highest BCUT2D eigenvalue weighted by atomic mass is 16.5. The van der Waals surface area contributed by atoms with Crippen LogP contribution in [0.4, 0.5) is 0 Å². The molecule has 0 bridgehead atoms. The third-order valence-electron chi connectivity index (χ3n) is 6.38. The molecule has 1 aliphatic rings. The average molecular weight is 430 g/mol. The van der Waals surface area contributed by atoms with E-state index in [1.165, 1.54) is 0 Å². The van der Waals surface area contributed by atoms with Crippen LogP contribution in [0.2, 0.25) is 0 Å². The molecule has 164 valence electrons. The molecule has 0 spiro atoms. The number of aromatic nitrogens is 1. The maximum Gasteiger partial charge on any atom is 0.253 e. The van der Waals surface area contributed by atoms with Crippen LogP contribution in [0.3, 0.4) is 0 Å². The lowest BCUT2D eigenvalue weighted by Gasteiger charge is -2.40. The Kier molecular flexibility index (Phi) is 6.21. The van der Waals surface area contributed by atoms with Gasteiger partial charge in [-0.15, -0.1) is 0 Å². The number of nitrogens with two attached hydrogens (primary N) is 1. The van der Waals surface area contributed by atoms with Crippen LogP contribution in [0.5, 0.6) is 5.75 Å². The molecular formula is C26H27N3O3. The van der Waals surface area contributed by atoms with Gasteiger partial charge in [0.15, 0.2) is 0 Å². The molecule has 2 heterocycles. The van der Waals surface area contributed by atoms with E-state index < -0.39 is 5.41 Å². The van der Waals surface area contributed by atoms with Crippen molar-refractivity contribution >= 4 is 11.8 Å². The number of primary amides is 1. The first-order valence-electron chi connectivity index (χ1n) is 10.7. The summed E-state index contributed by atoms with van der Waals surface area (Å²) in [5, 5.41) is 0. The van der Waals surface area contributed by atoms with Crippen molar-refractivity contribution < 1.29 is 14.3 Å². The number of amides is 2. The van der Waals surface area contributed by atoms with Crippen molar-refractivity contribution in [3.8, 4) is 16.9 Å². The van der Waals surface area contributed by atoms with E-state index in [4.69, 9.17) is 10.5 Å². The summed E-state index contributed by atoms with van der Waals surface area (Å²) < 4.78 is 5.24. The second-order valence-electron chi connectivity index (χ2n) is 8.24. The van der Waals surface area contributed by atoms with Gasteiger partial charge in [0.1, 0.15) is 5.75 Å². The van der Waals surface area contributed by atoms with Crippen LogP contribution in [0.15, 0.2) is 73.1 Å². The summed E-state index contributed by atoms with van der Waals surface area (Å²) in [6, 6.07) is 19.1. The van der Waals surface area contributed by atoms with Crippen LogP contribution in [-0.2, 0) is 11.2 Å². The maximum absolute atomic E-state index is 13.0. The SMILES string of the molecule is COc1cccc(C(=O)N2CCC(Cc3ccccc3-c3ccncc3)(C(N)=O)CC2)c1. The lowest BCUT2D eigenvalue weighted by Crippen LogP contribution is -2.50. The minimum absolute atomic E-state index is 0.0563. The first-order valence-corrected chi connectivity index (χ1v) is 10.7. The molecule has 0 atom stereocenters. The monoisotopic (exact) mass is 429 g/mol. The zero-order valence-corrected chi connectivity index (χ0v) is 18.2. The van der Waals surface area contributed by atoms with Crippen molar-refractivity contribution in [1.29, 1.82) is 0 Å². The summed E-state index contributed by atoms with van der Waals surface area (Å²) in [4.78, 5) is 31.5. The van der Waals surface area contributed by atoms with E-state index in [2.05, 4.69) is 11.1 Å². The molecule has 1 fully saturated rings. The van der Waals surface area contributed by atoms with Gasteiger partial charge in [0.05, 0.1) is 12.5 Å². The fourth-order valence-electron chi connectivity index (χ4n) is 4.44. The second-order valence-corrected chi connectivity index (χ2v) is 8.24. The summed E-state index contributed by atoms with van der Waals surface area (Å²) in [5.41, 5.74) is 9.04. The number of pyridine rings is 1. The van der Waals surface area contributed by atoms with Gasteiger partial charge in [0.2, 0.25) is 5.91 Å². The van der Waals surface area contributed by atoms with Crippen molar-refractivity contribution in [3.63, 3.8) is 0 Å². The molecule has 4 rings (SSSR count). The molecule has 6 heteroatoms. The highest BCUT2D eigenvalue weighted by Gasteiger charge is 2.41. The normalized spacial score (nSPS) is 15.2. The Morgan fingerprint density at radius 1 is 1.03 bits per heavy atom. The summed E-state index contributed by atoms with van der Waals surface area (Å²) in [6.45, 7) is 0.965. The van der Waals surface area contributed by atoms with E-state index in [0.29, 0.717) is 43.7 Å². The van der Waals surface area contributed by atoms with E-state index in [-0.39, 0.29) is 11.8 Å². The summed E-state index contributed by atoms with van der Waals surface area (Å²) >= 11 is 0. The maximum atomic E-state index is 13.0. The predicted molar refractivity (Wildman–Crippen MR) is 123 cm³/mol. The number of benzene rings is 2. The molecule has 0 saturated carbocycles. The molecule has 3 aromatic rings. The van der Waals surface area contributed by atoms with Crippen molar-refractivity contribution in [3.05, 3.63) is 84.2 Å². The smallest absolute Gasteiger partial charge is 0.253 e. The lowest BCUT2D eigenvalue weighted by atomic mass is 9.72. The van der Waals surface area contributed by atoms with Gasteiger partial charge in [-0.05, 0) is 66.3 Å². The molecule has 32 heavy (non-hydrogen) atoms. The molecule has 2 amide bonds. The molecule has 0 unspecified atom stereocenters. The minimum atomic E-state index is -0.686. The van der Waals surface area contributed by atoms with Crippen LogP contribution >= 0.6 is 0 Å². The van der Waals surface area contributed by atoms with Gasteiger partial charge in [0, 0.05) is 31.0 Å². The number of carbonyl (C=O) groups is 2. The first kappa shape index (κ1) is 21.6. The molecular weight excluding hydrogens is 402 g/mol. The standard InChI is InChI=1S/C26H27N3O3/c1-32-22-7-4-6-20(17-22)24(30)29-15-11-26(12-16-29,25(27)31)18-21-5-2-3-8-23(21)19-9-13-28-14-10-19/h2-10,13-14,17H,11-12,15-16,18H2,1H3,(H2,27,31). The van der Waals surface area contributed by atoms with Crippen molar-refractivity contribution in [1.82, 2.24) is 9.88 Å². The summed E-state index contributed by atoms with van der Waals surface area (Å²) in [6.07, 6.45) is 5.13. The van der Waals surface area contributed by atoms with E-state index in [0.717, 1.165) is 16.7 Å². The van der Waals surface area contributed by atoms with Crippen LogP contribution in [0, 0.1) is 5.41 Å². The Bertz CT molecular complexity index is 1110. The van der Waals surface area contributed by atoms with E-state index in [1.807, 2.05) is 36.4 Å². The highest BCUT2D eigenvalue weighted by Crippen LogP contribution is 2.38. The molecule has 1 aromatic heterocycles. The quantitative estimate of drug-likeness (QED) is 0.647. The summed E-state index contributed by atoms with van der Waals surface area (Å²) in [5.74, 6) is 0.279. The zero-order valence-electron chi connectivity index (χ0n) is 18.2. The predicted octanol–water partition coefficient (Wildman–Crippen LogP) is 3.71. The Morgan fingerprint density at radius 3 is 2.44 bits per heavy atom. The number of ether oxygens (including phenoxy) is 1. The van der Waals surface area contributed by atoms with Gasteiger partial charge < -0.3 is 15.4 Å². The Balaban J connectivity index is 1.54. The topological polar surface area (TPSA) is 85.5 Å². The lowest BCUT2D eigenvalue weighted by molar-refractivity contribution is -0.130. The van der Waals surface area contributed by atoms with E-state index in [1.54, 1.807) is 42.6 Å². The van der Waals surface area contributed by atoms with Crippen LogP contribution in [0.1, 0.15) is 28.8 Å². The minimum Gasteiger partial charge on any atom is -0.497 e. The van der Waals surface area contributed by atoms with Crippen LogP contribution < -0.4 is 10.5 Å². The number of likely N-dealkylation sites (tertiary alicyclic amines) is 1. The highest BCUT2D eigenvalue weighted by molar-refractivity contribution is 5.95. The molecule has 0 radical (unpaired) electrons. The number of methoxy groups -OCH3 is 1. The molecule has 1 saturated heterocycles. The van der Waals surface area contributed by atoms with E-state index in [9.17, 15) is 9.59 Å². The Hall–Kier alpha value is -3.67. The van der Waals surface area contributed by atoms with Crippen molar-refractivity contribution in [2.24, 2.45) is 11.1 Å². The fourth-order valence-corrected chi connectivity index (χ4v) is 4.44. The number of carbonyl (C=O) groups excluding carboxylic acids is 2. The van der Waals surface area contributed by atoms with Gasteiger partial charge in [-0.25, -0.2) is 0 Å². The largest absolute Gasteiger partial charge is 0.497 e. The average Bonchev–Trinajstić information content (AvgIpc) is 2.85. The number of hydrogen-bond acceptors (Lipinski definition) is 4. The van der Waals surface area contributed by atoms with Gasteiger partial charge in [-0.3, -0.25) is 14.6 Å². The molecule has 2 aromatic carbocycles. The van der Waals surface area contributed by atoms with Crippen molar-refractivity contribution in [2.45, 2.75) is 19.3 Å². The number of nitrogens with zero attached hydrogens (tertiary/aromatic N) is 2. The molecule has 2 N–H and O–H groups in total. The third-order valence-corrected chi connectivity index (χ3v) is 6.38. The zero-order chi connectivity index (χ0) is 22.6. The number of rotatable bonds is 6. The van der Waals surface area contributed by atoms with Crippen LogP contribution in [0.25, 0.3) is 11.1 Å². The van der Waals surface area contributed by atoms with Gasteiger partial charge in [-0.2, -0.15) is 0 Å². The molecule has 6 nitrogen and oxygen atoms in total. The first-order chi connectivity index (χ1) is 15.5. The summed E-state index contributed by atoms with van der Waals surface area (Å²) in [7, 11) is 1.58. The Labute approximate surface area is 188 Å². The number of piperidine rings is 1. The Morgan fingerprint density at radius 2 is 1.75 bits per heavy atom. The molecule has 0 aliphatic carbocycles. The van der Waals surface area contributed by atoms with Gasteiger partial charge in [0.25, 0.3) is 5.91 Å². The van der Waals surface area contributed by atoms with Gasteiger partial charge in [-0.1, -0.05) is 30.3 Å². The van der Waals surface area contributed by atoms with Crippen LogP contribution in [-0.4, -0.2) is 41.9 Å². The van der Waals surface area contributed by atoms with Gasteiger partial charge >= 0.3 is 0 Å². The fraction of sp³-hybridized carbons (Fsp3) is 0.269. The van der Waals surface area contributed by atoms with E-state index >= 15 is 0 Å². The third kappa shape index (κ3) is 4.35.